The second kappa shape index (κ2) is 4.63. The summed E-state index contributed by atoms with van der Waals surface area (Å²) in [5.74, 6) is 0. The molecule has 1 aromatic heterocycles. The van der Waals surface area contributed by atoms with E-state index in [4.69, 9.17) is 10.7 Å². The fraction of sp³-hybridized carbons (Fsp3) is 0.533. The van der Waals surface area contributed by atoms with Crippen LogP contribution in [0.5, 0.6) is 0 Å². The topological polar surface area (TPSA) is 38.9 Å². The van der Waals surface area contributed by atoms with Gasteiger partial charge in [-0.2, -0.15) is 0 Å². The molecule has 0 saturated heterocycles. The molecule has 0 amide bonds. The summed E-state index contributed by atoms with van der Waals surface area (Å²) in [4.78, 5) is 4.79. The number of hydrogen-bond donors (Lipinski definition) is 1. The van der Waals surface area contributed by atoms with Gasteiger partial charge in [-0.25, -0.2) is 4.98 Å². The van der Waals surface area contributed by atoms with Crippen LogP contribution in [0.2, 0.25) is 0 Å². The lowest BCUT2D eigenvalue weighted by Crippen LogP contribution is -2.43. The SMILES string of the molecule is Cc1cccc2sc(CC3(N)CCCCC3)nc12. The third-order valence-corrected chi connectivity index (χ3v) is 5.04. The van der Waals surface area contributed by atoms with Crippen molar-refractivity contribution < 1.29 is 0 Å². The minimum Gasteiger partial charge on any atom is -0.325 e. The summed E-state index contributed by atoms with van der Waals surface area (Å²) in [5.41, 5.74) is 8.95. The summed E-state index contributed by atoms with van der Waals surface area (Å²) >= 11 is 1.81. The average Bonchev–Trinajstić information content (AvgIpc) is 2.73. The van der Waals surface area contributed by atoms with E-state index in [9.17, 15) is 0 Å². The number of rotatable bonds is 2. The monoisotopic (exact) mass is 260 g/mol. The lowest BCUT2D eigenvalue weighted by Gasteiger charge is -2.32. The first-order valence-corrected chi connectivity index (χ1v) is 7.62. The standard InChI is InChI=1S/C15H20N2S/c1-11-6-5-7-12-14(11)17-13(18-12)10-15(16)8-3-2-4-9-15/h5-7H,2-4,8-10,16H2,1H3. The van der Waals surface area contributed by atoms with Crippen molar-refractivity contribution in [2.24, 2.45) is 5.73 Å². The van der Waals surface area contributed by atoms with Crippen LogP contribution in [0.3, 0.4) is 0 Å². The van der Waals surface area contributed by atoms with Crippen molar-refractivity contribution in [2.45, 2.75) is 51.0 Å². The molecule has 1 heterocycles. The number of thiazole rings is 1. The van der Waals surface area contributed by atoms with Gasteiger partial charge in [0.15, 0.2) is 0 Å². The smallest absolute Gasteiger partial charge is 0.0957 e. The van der Waals surface area contributed by atoms with Crippen LogP contribution in [0.1, 0.15) is 42.7 Å². The van der Waals surface area contributed by atoms with Crippen LogP contribution in [-0.4, -0.2) is 10.5 Å². The molecule has 3 rings (SSSR count). The van der Waals surface area contributed by atoms with Gasteiger partial charge in [0.1, 0.15) is 0 Å². The lowest BCUT2D eigenvalue weighted by molar-refractivity contribution is 0.294. The van der Waals surface area contributed by atoms with E-state index in [1.165, 1.54) is 34.5 Å². The van der Waals surface area contributed by atoms with Gasteiger partial charge in [0.25, 0.3) is 0 Å². The largest absolute Gasteiger partial charge is 0.325 e. The van der Waals surface area contributed by atoms with Crippen molar-refractivity contribution in [1.82, 2.24) is 4.98 Å². The van der Waals surface area contributed by atoms with Gasteiger partial charge in [0.05, 0.1) is 15.2 Å². The highest BCUT2D eigenvalue weighted by atomic mass is 32.1. The van der Waals surface area contributed by atoms with E-state index < -0.39 is 0 Å². The Morgan fingerprint density at radius 1 is 1.28 bits per heavy atom. The van der Waals surface area contributed by atoms with E-state index in [0.29, 0.717) is 0 Å². The molecule has 0 aliphatic heterocycles. The molecule has 1 aromatic carbocycles. The van der Waals surface area contributed by atoms with Gasteiger partial charge in [-0.05, 0) is 31.4 Å². The summed E-state index contributed by atoms with van der Waals surface area (Å²) in [6, 6.07) is 6.40. The van der Waals surface area contributed by atoms with Crippen LogP contribution in [0, 0.1) is 6.92 Å². The highest BCUT2D eigenvalue weighted by Gasteiger charge is 2.28. The average molecular weight is 260 g/mol. The Kier molecular flexibility index (Phi) is 3.12. The highest BCUT2D eigenvalue weighted by molar-refractivity contribution is 7.18. The molecule has 1 saturated carbocycles. The van der Waals surface area contributed by atoms with Crippen molar-refractivity contribution in [3.8, 4) is 0 Å². The van der Waals surface area contributed by atoms with E-state index in [2.05, 4.69) is 25.1 Å². The first-order valence-electron chi connectivity index (χ1n) is 6.80. The van der Waals surface area contributed by atoms with E-state index in [1.807, 2.05) is 11.3 Å². The van der Waals surface area contributed by atoms with Gasteiger partial charge in [-0.15, -0.1) is 11.3 Å². The fourth-order valence-electron chi connectivity index (χ4n) is 2.94. The third-order valence-electron chi connectivity index (χ3n) is 4.02. The lowest BCUT2D eigenvalue weighted by atomic mass is 9.80. The molecule has 2 aromatic rings. The summed E-state index contributed by atoms with van der Waals surface area (Å²) in [6.45, 7) is 2.13. The van der Waals surface area contributed by atoms with Crippen LogP contribution < -0.4 is 5.73 Å². The molecular weight excluding hydrogens is 240 g/mol. The molecule has 0 unspecified atom stereocenters. The minimum absolute atomic E-state index is 0.0000307. The van der Waals surface area contributed by atoms with Gasteiger partial charge in [-0.1, -0.05) is 31.4 Å². The molecule has 1 aliphatic carbocycles. The molecule has 0 atom stereocenters. The van der Waals surface area contributed by atoms with E-state index >= 15 is 0 Å². The van der Waals surface area contributed by atoms with Crippen LogP contribution in [0.25, 0.3) is 10.2 Å². The quantitative estimate of drug-likeness (QED) is 0.891. The molecule has 18 heavy (non-hydrogen) atoms. The van der Waals surface area contributed by atoms with Gasteiger partial charge in [-0.3, -0.25) is 0 Å². The van der Waals surface area contributed by atoms with Gasteiger partial charge >= 0.3 is 0 Å². The minimum atomic E-state index is 0.0000307. The Morgan fingerprint density at radius 2 is 2.06 bits per heavy atom. The van der Waals surface area contributed by atoms with Crippen molar-refractivity contribution in [3.05, 3.63) is 28.8 Å². The fourth-order valence-corrected chi connectivity index (χ4v) is 4.14. The maximum Gasteiger partial charge on any atom is 0.0957 e. The van der Waals surface area contributed by atoms with Crippen LogP contribution in [-0.2, 0) is 6.42 Å². The number of aromatic nitrogens is 1. The Hall–Kier alpha value is -0.930. The normalized spacial score (nSPS) is 19.2. The first kappa shape index (κ1) is 12.1. The molecule has 1 aliphatic rings. The van der Waals surface area contributed by atoms with Gasteiger partial charge in [0, 0.05) is 12.0 Å². The molecule has 3 heteroatoms. The molecule has 0 bridgehead atoms. The van der Waals surface area contributed by atoms with E-state index in [0.717, 1.165) is 24.8 Å². The molecule has 96 valence electrons. The molecule has 0 spiro atoms. The third kappa shape index (κ3) is 2.29. The Morgan fingerprint density at radius 3 is 2.78 bits per heavy atom. The summed E-state index contributed by atoms with van der Waals surface area (Å²) in [7, 11) is 0. The van der Waals surface area contributed by atoms with E-state index in [1.54, 1.807) is 0 Å². The van der Waals surface area contributed by atoms with E-state index in [-0.39, 0.29) is 5.54 Å². The first-order chi connectivity index (χ1) is 8.66. The number of nitrogens with zero attached hydrogens (tertiary/aromatic N) is 1. The number of hydrogen-bond acceptors (Lipinski definition) is 3. The Balaban J connectivity index is 1.88. The van der Waals surface area contributed by atoms with Crippen molar-refractivity contribution in [2.75, 3.05) is 0 Å². The number of fused-ring (bicyclic) bond motifs is 1. The second-order valence-electron chi connectivity index (χ2n) is 5.63. The predicted octanol–water partition coefficient (Wildman–Crippen LogP) is 3.81. The Labute approximate surface area is 112 Å². The molecular formula is C15H20N2S. The van der Waals surface area contributed by atoms with Crippen LogP contribution in [0.15, 0.2) is 18.2 Å². The molecule has 2 N–H and O–H groups in total. The van der Waals surface area contributed by atoms with Crippen molar-refractivity contribution in [1.29, 1.82) is 0 Å². The van der Waals surface area contributed by atoms with Crippen molar-refractivity contribution >= 4 is 21.6 Å². The highest BCUT2D eigenvalue weighted by Crippen LogP contribution is 2.32. The zero-order chi connectivity index (χ0) is 12.6. The zero-order valence-electron chi connectivity index (χ0n) is 10.9. The molecule has 2 nitrogen and oxygen atoms in total. The summed E-state index contributed by atoms with van der Waals surface area (Å²) < 4.78 is 1.30. The van der Waals surface area contributed by atoms with Gasteiger partial charge in [0.2, 0.25) is 0 Å². The number of nitrogens with two attached hydrogens (primary N) is 1. The predicted molar refractivity (Wildman–Crippen MR) is 78.1 cm³/mol. The summed E-state index contributed by atoms with van der Waals surface area (Å²) in [6.07, 6.45) is 7.16. The van der Waals surface area contributed by atoms with Crippen LogP contribution in [0.4, 0.5) is 0 Å². The number of para-hydroxylation sites is 1. The Bertz CT molecular complexity index is 553. The number of benzene rings is 1. The second-order valence-corrected chi connectivity index (χ2v) is 6.74. The number of aryl methyl sites for hydroxylation is 1. The maximum atomic E-state index is 6.52. The summed E-state index contributed by atoms with van der Waals surface area (Å²) in [5, 5.41) is 1.21. The molecule has 1 fully saturated rings. The maximum absolute atomic E-state index is 6.52. The zero-order valence-corrected chi connectivity index (χ0v) is 11.7. The molecule has 0 radical (unpaired) electrons. The van der Waals surface area contributed by atoms with Gasteiger partial charge < -0.3 is 5.73 Å². The van der Waals surface area contributed by atoms with Crippen LogP contribution >= 0.6 is 11.3 Å². The van der Waals surface area contributed by atoms with Crippen molar-refractivity contribution in [3.63, 3.8) is 0 Å².